The van der Waals surface area contributed by atoms with Gasteiger partial charge >= 0.3 is 0 Å². The van der Waals surface area contributed by atoms with E-state index in [1.54, 1.807) is 6.08 Å². The topological polar surface area (TPSA) is 68.2 Å². The molecule has 0 unspecified atom stereocenters. The predicted octanol–water partition coefficient (Wildman–Crippen LogP) is 2.99. The third kappa shape index (κ3) is 3.96. The maximum Gasteiger partial charge on any atom is 0.244 e. The van der Waals surface area contributed by atoms with Gasteiger partial charge in [0.1, 0.15) is 9.84 Å². The molecule has 26 heavy (non-hydrogen) atoms. The summed E-state index contributed by atoms with van der Waals surface area (Å²) >= 11 is 0. The molecule has 3 aromatic rings. The SMILES string of the molecule is CCn1c2ccccc2c2cc(/C=C/C(=O)NCCS(C)(=O)=O)ccc21. The summed E-state index contributed by atoms with van der Waals surface area (Å²) in [5.41, 5.74) is 3.29. The highest BCUT2D eigenvalue weighted by molar-refractivity contribution is 7.90. The highest BCUT2D eigenvalue weighted by Crippen LogP contribution is 2.29. The van der Waals surface area contributed by atoms with Crippen molar-refractivity contribution in [2.75, 3.05) is 18.6 Å². The van der Waals surface area contributed by atoms with Crippen LogP contribution in [0.15, 0.2) is 48.5 Å². The first-order chi connectivity index (χ1) is 12.4. The molecule has 1 heterocycles. The molecular weight excluding hydrogens is 348 g/mol. The first-order valence-corrected chi connectivity index (χ1v) is 10.6. The number of para-hydroxylation sites is 1. The number of benzene rings is 2. The molecule has 0 aliphatic rings. The second kappa shape index (κ2) is 7.33. The fourth-order valence-corrected chi connectivity index (χ4v) is 3.58. The van der Waals surface area contributed by atoms with Crippen LogP contribution in [0.5, 0.6) is 0 Å². The lowest BCUT2D eigenvalue weighted by Crippen LogP contribution is -2.27. The molecule has 1 N–H and O–H groups in total. The zero-order valence-corrected chi connectivity index (χ0v) is 15.7. The quantitative estimate of drug-likeness (QED) is 0.678. The molecule has 0 fully saturated rings. The van der Waals surface area contributed by atoms with Crippen LogP contribution in [0.4, 0.5) is 0 Å². The van der Waals surface area contributed by atoms with Gasteiger partial charge in [0.05, 0.1) is 5.75 Å². The van der Waals surface area contributed by atoms with Gasteiger partial charge in [0, 0.05) is 47.2 Å². The summed E-state index contributed by atoms with van der Waals surface area (Å²) in [6.07, 6.45) is 4.33. The summed E-state index contributed by atoms with van der Waals surface area (Å²) in [6.45, 7) is 3.13. The van der Waals surface area contributed by atoms with Gasteiger partial charge in [-0.3, -0.25) is 4.79 Å². The molecule has 0 aliphatic heterocycles. The van der Waals surface area contributed by atoms with Gasteiger partial charge in [0.15, 0.2) is 0 Å². The van der Waals surface area contributed by atoms with Crippen LogP contribution < -0.4 is 5.32 Å². The third-order valence-corrected chi connectivity index (χ3v) is 5.26. The Morgan fingerprint density at radius 1 is 1.12 bits per heavy atom. The van der Waals surface area contributed by atoms with Crippen molar-refractivity contribution in [2.45, 2.75) is 13.5 Å². The van der Waals surface area contributed by atoms with Crippen molar-refractivity contribution in [3.63, 3.8) is 0 Å². The van der Waals surface area contributed by atoms with Crippen molar-refractivity contribution in [2.24, 2.45) is 0 Å². The normalized spacial score (nSPS) is 12.2. The second-order valence-corrected chi connectivity index (χ2v) is 8.55. The summed E-state index contributed by atoms with van der Waals surface area (Å²) in [6, 6.07) is 14.4. The molecule has 6 heteroatoms. The van der Waals surface area contributed by atoms with E-state index in [4.69, 9.17) is 0 Å². The number of aryl methyl sites for hydroxylation is 1. The van der Waals surface area contributed by atoms with Gasteiger partial charge in [-0.15, -0.1) is 0 Å². The third-order valence-electron chi connectivity index (χ3n) is 4.31. The van der Waals surface area contributed by atoms with Crippen LogP contribution in [0.2, 0.25) is 0 Å². The van der Waals surface area contributed by atoms with Crippen molar-refractivity contribution in [3.8, 4) is 0 Å². The number of rotatable bonds is 6. The largest absolute Gasteiger partial charge is 0.352 e. The first-order valence-electron chi connectivity index (χ1n) is 8.53. The molecule has 3 rings (SSSR count). The van der Waals surface area contributed by atoms with Crippen LogP contribution in [-0.2, 0) is 21.2 Å². The molecule has 0 saturated heterocycles. The van der Waals surface area contributed by atoms with Gasteiger partial charge in [-0.25, -0.2) is 8.42 Å². The van der Waals surface area contributed by atoms with Crippen LogP contribution in [0, 0.1) is 0 Å². The van der Waals surface area contributed by atoms with E-state index in [0.717, 1.165) is 23.8 Å². The summed E-state index contributed by atoms with van der Waals surface area (Å²) < 4.78 is 24.4. The Morgan fingerprint density at radius 3 is 2.58 bits per heavy atom. The van der Waals surface area contributed by atoms with Crippen molar-refractivity contribution in [1.82, 2.24) is 9.88 Å². The summed E-state index contributed by atoms with van der Waals surface area (Å²) in [5, 5.41) is 4.93. The zero-order valence-electron chi connectivity index (χ0n) is 14.9. The molecule has 5 nitrogen and oxygen atoms in total. The number of nitrogens with one attached hydrogen (secondary N) is 1. The van der Waals surface area contributed by atoms with Crippen molar-refractivity contribution in [3.05, 3.63) is 54.1 Å². The monoisotopic (exact) mass is 370 g/mol. The van der Waals surface area contributed by atoms with E-state index >= 15 is 0 Å². The average Bonchev–Trinajstić information content (AvgIpc) is 2.92. The predicted molar refractivity (Wildman–Crippen MR) is 107 cm³/mol. The van der Waals surface area contributed by atoms with E-state index < -0.39 is 9.84 Å². The Bertz CT molecular complexity index is 1090. The van der Waals surface area contributed by atoms with E-state index in [-0.39, 0.29) is 18.2 Å². The van der Waals surface area contributed by atoms with Crippen molar-refractivity contribution < 1.29 is 13.2 Å². The summed E-state index contributed by atoms with van der Waals surface area (Å²) in [5.74, 6) is -0.362. The van der Waals surface area contributed by atoms with Gasteiger partial charge in [-0.05, 0) is 36.8 Å². The number of amides is 1. The van der Waals surface area contributed by atoms with Crippen molar-refractivity contribution >= 4 is 43.6 Å². The maximum absolute atomic E-state index is 11.8. The van der Waals surface area contributed by atoms with Gasteiger partial charge in [-0.1, -0.05) is 24.3 Å². The van der Waals surface area contributed by atoms with Crippen molar-refractivity contribution in [1.29, 1.82) is 0 Å². The van der Waals surface area contributed by atoms with Gasteiger partial charge in [0.2, 0.25) is 5.91 Å². The molecule has 0 aliphatic carbocycles. The minimum atomic E-state index is -3.07. The van der Waals surface area contributed by atoms with Crippen LogP contribution in [0.25, 0.3) is 27.9 Å². The average molecular weight is 370 g/mol. The molecule has 1 amide bonds. The lowest BCUT2D eigenvalue weighted by molar-refractivity contribution is -0.116. The second-order valence-electron chi connectivity index (χ2n) is 6.29. The summed E-state index contributed by atoms with van der Waals surface area (Å²) in [7, 11) is -3.07. The van der Waals surface area contributed by atoms with E-state index in [1.807, 2.05) is 18.2 Å². The Labute approximate surface area is 153 Å². The number of aromatic nitrogens is 1. The Kier molecular flexibility index (Phi) is 5.13. The molecule has 1 aromatic heterocycles. The minimum absolute atomic E-state index is 0.0605. The van der Waals surface area contributed by atoms with E-state index in [2.05, 4.69) is 41.1 Å². The number of fused-ring (bicyclic) bond motifs is 3. The molecular formula is C20H22N2O3S. The van der Waals surface area contributed by atoms with Gasteiger partial charge in [-0.2, -0.15) is 0 Å². The van der Waals surface area contributed by atoms with Gasteiger partial charge in [0.25, 0.3) is 0 Å². The minimum Gasteiger partial charge on any atom is -0.352 e. The number of hydrogen-bond donors (Lipinski definition) is 1. The van der Waals surface area contributed by atoms with Crippen LogP contribution in [-0.4, -0.2) is 37.4 Å². The number of carbonyl (C=O) groups excluding carboxylic acids is 1. The highest BCUT2D eigenvalue weighted by atomic mass is 32.2. The molecule has 2 aromatic carbocycles. The number of nitrogens with zero attached hydrogens (tertiary/aromatic N) is 1. The smallest absolute Gasteiger partial charge is 0.244 e. The fourth-order valence-electron chi connectivity index (χ4n) is 3.11. The van der Waals surface area contributed by atoms with E-state index in [0.29, 0.717) is 0 Å². The molecule has 0 saturated carbocycles. The van der Waals surface area contributed by atoms with Gasteiger partial charge < -0.3 is 9.88 Å². The molecule has 0 spiro atoms. The van der Waals surface area contributed by atoms with Crippen LogP contribution in [0.1, 0.15) is 12.5 Å². The Morgan fingerprint density at radius 2 is 1.85 bits per heavy atom. The van der Waals surface area contributed by atoms with Crippen LogP contribution >= 0.6 is 0 Å². The molecule has 0 bridgehead atoms. The maximum atomic E-state index is 11.8. The molecule has 136 valence electrons. The number of carbonyl (C=O) groups is 1. The highest BCUT2D eigenvalue weighted by Gasteiger charge is 2.09. The Balaban J connectivity index is 1.83. The standard InChI is InChI=1S/C20H22N2O3S/c1-3-22-18-7-5-4-6-16(18)17-14-15(8-10-19(17)22)9-11-20(23)21-12-13-26(2,24)25/h4-11,14H,3,12-13H2,1-2H3,(H,21,23)/b11-9+. The first kappa shape index (κ1) is 18.2. The zero-order chi connectivity index (χ0) is 18.7. The summed E-state index contributed by atoms with van der Waals surface area (Å²) in [4.78, 5) is 11.8. The lowest BCUT2D eigenvalue weighted by atomic mass is 10.1. The Hall–Kier alpha value is -2.60. The van der Waals surface area contributed by atoms with E-state index in [9.17, 15) is 13.2 Å². The fraction of sp³-hybridized carbons (Fsp3) is 0.250. The number of hydrogen-bond acceptors (Lipinski definition) is 3. The lowest BCUT2D eigenvalue weighted by Gasteiger charge is -2.03. The van der Waals surface area contributed by atoms with E-state index in [1.165, 1.54) is 22.5 Å². The van der Waals surface area contributed by atoms with Crippen LogP contribution in [0.3, 0.4) is 0 Å². The molecule has 0 atom stereocenters. The molecule has 0 radical (unpaired) electrons. The number of sulfone groups is 1.